The van der Waals surface area contributed by atoms with Crippen molar-refractivity contribution in [3.63, 3.8) is 0 Å². The molecule has 8 heteroatoms. The molecule has 5 rings (SSSR count). The lowest BCUT2D eigenvalue weighted by atomic mass is 9.82. The van der Waals surface area contributed by atoms with Gasteiger partial charge in [-0.3, -0.25) is 9.59 Å². The van der Waals surface area contributed by atoms with Gasteiger partial charge in [-0.2, -0.15) is 13.2 Å². The molecule has 1 aromatic heterocycles. The molecule has 2 atom stereocenters. The van der Waals surface area contributed by atoms with Gasteiger partial charge in [-0.05, 0) is 54.3 Å². The third-order valence-electron chi connectivity index (χ3n) is 6.73. The van der Waals surface area contributed by atoms with Gasteiger partial charge in [-0.1, -0.05) is 24.3 Å². The highest BCUT2D eigenvalue weighted by molar-refractivity contribution is 5.97. The molecule has 1 fully saturated rings. The van der Waals surface area contributed by atoms with E-state index in [4.69, 9.17) is 4.74 Å². The molecule has 0 spiro atoms. The van der Waals surface area contributed by atoms with Gasteiger partial charge in [0.05, 0.1) is 18.2 Å². The second-order valence-electron chi connectivity index (χ2n) is 8.88. The molecule has 34 heavy (non-hydrogen) atoms. The number of aromatic nitrogens is 1. The van der Waals surface area contributed by atoms with Crippen molar-refractivity contribution in [3.8, 4) is 16.9 Å². The Labute approximate surface area is 194 Å². The van der Waals surface area contributed by atoms with Gasteiger partial charge >= 0.3 is 6.18 Å². The predicted molar refractivity (Wildman–Crippen MR) is 121 cm³/mol. The zero-order valence-electron chi connectivity index (χ0n) is 18.5. The zero-order chi connectivity index (χ0) is 24.0. The molecule has 2 aliphatic heterocycles. The first-order valence-electron chi connectivity index (χ1n) is 11.1. The lowest BCUT2D eigenvalue weighted by Crippen LogP contribution is -2.49. The van der Waals surface area contributed by atoms with Gasteiger partial charge in [0.25, 0.3) is 11.5 Å². The van der Waals surface area contributed by atoms with E-state index in [0.29, 0.717) is 30.9 Å². The number of carbonyl (C=O) groups is 1. The minimum absolute atomic E-state index is 0.0191. The first-order valence-corrected chi connectivity index (χ1v) is 11.1. The quantitative estimate of drug-likeness (QED) is 0.555. The summed E-state index contributed by atoms with van der Waals surface area (Å²) in [6.07, 6.45) is -3.62. The van der Waals surface area contributed by atoms with Crippen molar-refractivity contribution in [1.82, 2.24) is 9.47 Å². The van der Waals surface area contributed by atoms with Crippen molar-refractivity contribution >= 4 is 5.91 Å². The van der Waals surface area contributed by atoms with E-state index in [-0.39, 0.29) is 34.4 Å². The smallest absolute Gasteiger partial charge is 0.416 e. The number of nitrogens with zero attached hydrogens (tertiary/aromatic N) is 2. The van der Waals surface area contributed by atoms with Crippen LogP contribution in [0.5, 0.6) is 5.75 Å². The highest BCUT2D eigenvalue weighted by atomic mass is 19.4. The lowest BCUT2D eigenvalue weighted by molar-refractivity contribution is -0.137. The Bertz CT molecular complexity index is 1320. The molecule has 5 nitrogen and oxygen atoms in total. The number of halogens is 3. The molecule has 2 aromatic carbocycles. The lowest BCUT2D eigenvalue weighted by Gasteiger charge is -2.43. The first kappa shape index (κ1) is 22.3. The van der Waals surface area contributed by atoms with Crippen LogP contribution in [0.15, 0.2) is 65.5 Å². The molecule has 0 N–H and O–H groups in total. The standard InChI is InChI=1S/C26H23F3N2O3/c1-34-23-8-3-2-7-21(23)24(32)30-13-16-11-18(15-30)22-10-9-20(25(33)31(22)14-16)17-5-4-6-19(12-17)26(27,28)29/h2-10,12,16,18H,11,13-15H2,1H3/t16-,18+/m0/s1. The Hall–Kier alpha value is -3.55. The van der Waals surface area contributed by atoms with Gasteiger partial charge in [0.15, 0.2) is 0 Å². The van der Waals surface area contributed by atoms with Crippen LogP contribution in [0.4, 0.5) is 13.2 Å². The van der Waals surface area contributed by atoms with Crippen LogP contribution in [0.1, 0.15) is 34.0 Å². The largest absolute Gasteiger partial charge is 0.496 e. The predicted octanol–water partition coefficient (Wildman–Crippen LogP) is 4.80. The van der Waals surface area contributed by atoms with Gasteiger partial charge in [-0.25, -0.2) is 0 Å². The number of hydrogen-bond donors (Lipinski definition) is 0. The number of rotatable bonds is 3. The van der Waals surface area contributed by atoms with Crippen LogP contribution >= 0.6 is 0 Å². The Morgan fingerprint density at radius 1 is 1.00 bits per heavy atom. The van der Waals surface area contributed by atoms with Crippen molar-refractivity contribution in [2.24, 2.45) is 5.92 Å². The van der Waals surface area contributed by atoms with Crippen molar-refractivity contribution in [2.45, 2.75) is 25.1 Å². The van der Waals surface area contributed by atoms with Crippen LogP contribution in [0.25, 0.3) is 11.1 Å². The third-order valence-corrected chi connectivity index (χ3v) is 6.73. The molecular weight excluding hydrogens is 445 g/mol. The molecular formula is C26H23F3N2O3. The van der Waals surface area contributed by atoms with Crippen LogP contribution in [-0.4, -0.2) is 35.6 Å². The fourth-order valence-corrected chi connectivity index (χ4v) is 5.19. The number of amides is 1. The van der Waals surface area contributed by atoms with Crippen molar-refractivity contribution in [3.05, 3.63) is 87.8 Å². The maximum Gasteiger partial charge on any atom is 0.416 e. The second kappa shape index (κ2) is 8.34. The first-order chi connectivity index (χ1) is 16.3. The molecule has 1 amide bonds. The Balaban J connectivity index is 1.46. The summed E-state index contributed by atoms with van der Waals surface area (Å²) in [7, 11) is 1.53. The maximum atomic E-state index is 13.3. The normalized spacial score (nSPS) is 19.5. The van der Waals surface area contributed by atoms with E-state index in [1.807, 2.05) is 17.0 Å². The summed E-state index contributed by atoms with van der Waals surface area (Å²) in [5.74, 6) is 0.475. The molecule has 3 heterocycles. The fraction of sp³-hybridized carbons (Fsp3) is 0.308. The number of ether oxygens (including phenoxy) is 1. The number of para-hydroxylation sites is 1. The van der Waals surface area contributed by atoms with Crippen molar-refractivity contribution in [2.75, 3.05) is 20.2 Å². The van der Waals surface area contributed by atoms with Gasteiger partial charge in [0.2, 0.25) is 0 Å². The van der Waals surface area contributed by atoms with Gasteiger partial charge < -0.3 is 14.2 Å². The Morgan fingerprint density at radius 3 is 2.56 bits per heavy atom. The van der Waals surface area contributed by atoms with Crippen molar-refractivity contribution in [1.29, 1.82) is 0 Å². The molecule has 2 bridgehead atoms. The number of hydrogen-bond acceptors (Lipinski definition) is 3. The second-order valence-corrected chi connectivity index (χ2v) is 8.88. The SMILES string of the molecule is COc1ccccc1C(=O)N1C[C@@H]2C[C@H](C1)c1ccc(-c3cccc(C(F)(F)F)c3)c(=O)n1C2. The van der Waals surface area contributed by atoms with Gasteiger partial charge in [0.1, 0.15) is 5.75 Å². The topological polar surface area (TPSA) is 51.5 Å². The Morgan fingerprint density at radius 2 is 1.79 bits per heavy atom. The summed E-state index contributed by atoms with van der Waals surface area (Å²) < 4.78 is 46.5. The summed E-state index contributed by atoms with van der Waals surface area (Å²) in [4.78, 5) is 28.3. The van der Waals surface area contributed by atoms with E-state index in [2.05, 4.69) is 0 Å². The van der Waals surface area contributed by atoms with Crippen LogP contribution in [0.3, 0.4) is 0 Å². The summed E-state index contributed by atoms with van der Waals surface area (Å²) >= 11 is 0. The molecule has 176 valence electrons. The highest BCUT2D eigenvalue weighted by Crippen LogP contribution is 2.37. The average Bonchev–Trinajstić information content (AvgIpc) is 2.83. The van der Waals surface area contributed by atoms with E-state index < -0.39 is 11.7 Å². The van der Waals surface area contributed by atoms with E-state index >= 15 is 0 Å². The molecule has 1 saturated heterocycles. The van der Waals surface area contributed by atoms with E-state index in [1.165, 1.54) is 19.2 Å². The Kier molecular flexibility index (Phi) is 5.46. The number of methoxy groups -OCH3 is 1. The molecule has 0 unspecified atom stereocenters. The highest BCUT2D eigenvalue weighted by Gasteiger charge is 2.37. The van der Waals surface area contributed by atoms with Gasteiger partial charge in [0, 0.05) is 36.8 Å². The van der Waals surface area contributed by atoms with E-state index in [9.17, 15) is 22.8 Å². The number of alkyl halides is 3. The van der Waals surface area contributed by atoms with Gasteiger partial charge in [-0.15, -0.1) is 0 Å². The number of benzene rings is 2. The molecule has 0 aliphatic carbocycles. The average molecular weight is 468 g/mol. The number of piperidine rings is 1. The van der Waals surface area contributed by atoms with Crippen LogP contribution < -0.4 is 10.3 Å². The van der Waals surface area contributed by atoms with Crippen LogP contribution in [0.2, 0.25) is 0 Å². The molecule has 3 aromatic rings. The monoisotopic (exact) mass is 468 g/mol. The van der Waals surface area contributed by atoms with Crippen molar-refractivity contribution < 1.29 is 22.7 Å². The minimum atomic E-state index is -4.48. The summed E-state index contributed by atoms with van der Waals surface area (Å²) in [6, 6.07) is 15.4. The molecule has 0 radical (unpaired) electrons. The maximum absolute atomic E-state index is 13.3. The molecule has 0 saturated carbocycles. The summed E-state index contributed by atoms with van der Waals surface area (Å²) in [5.41, 5.74) is 0.734. The minimum Gasteiger partial charge on any atom is -0.496 e. The molecule has 2 aliphatic rings. The number of likely N-dealkylation sites (tertiary alicyclic amines) is 1. The third kappa shape index (κ3) is 3.87. The van der Waals surface area contributed by atoms with Crippen LogP contribution in [0, 0.1) is 5.92 Å². The summed E-state index contributed by atoms with van der Waals surface area (Å²) in [6.45, 7) is 1.40. The van der Waals surface area contributed by atoms with Crippen LogP contribution in [-0.2, 0) is 12.7 Å². The number of fused-ring (bicyclic) bond motifs is 4. The summed E-state index contributed by atoms with van der Waals surface area (Å²) in [5, 5.41) is 0. The van der Waals surface area contributed by atoms with E-state index in [1.54, 1.807) is 28.8 Å². The zero-order valence-corrected chi connectivity index (χ0v) is 18.5. The number of pyridine rings is 1. The fourth-order valence-electron chi connectivity index (χ4n) is 5.19. The number of carbonyl (C=O) groups excluding carboxylic acids is 1. The van der Waals surface area contributed by atoms with E-state index in [0.717, 1.165) is 24.2 Å².